The van der Waals surface area contributed by atoms with Crippen LogP contribution in [0.25, 0.3) is 10.8 Å². The van der Waals surface area contributed by atoms with Crippen LogP contribution in [0.2, 0.25) is 0 Å². The van der Waals surface area contributed by atoms with Gasteiger partial charge < -0.3 is 10.7 Å². The number of hydrogen-bond donors (Lipinski definition) is 2. The van der Waals surface area contributed by atoms with Gasteiger partial charge in [0.25, 0.3) is 0 Å². The zero-order chi connectivity index (χ0) is 12.5. The summed E-state index contributed by atoms with van der Waals surface area (Å²) in [5.41, 5.74) is 7.26. The number of benzene rings is 2. The van der Waals surface area contributed by atoms with Gasteiger partial charge in [-0.1, -0.05) is 36.4 Å². The van der Waals surface area contributed by atoms with E-state index in [4.69, 9.17) is 5.73 Å². The Hall–Kier alpha value is -1.65. The monoisotopic (exact) mass is 301 g/mol. The lowest BCUT2D eigenvalue weighted by atomic mass is 10.0. The van der Waals surface area contributed by atoms with Crippen LogP contribution in [-0.2, 0) is 0 Å². The van der Waals surface area contributed by atoms with Gasteiger partial charge in [-0.2, -0.15) is 0 Å². The lowest BCUT2D eigenvalue weighted by Gasteiger charge is -2.10. The number of nitrogens with zero attached hydrogens (tertiary/aromatic N) is 1. The Bertz CT molecular complexity index is 690. The van der Waals surface area contributed by atoms with Crippen molar-refractivity contribution in [2.45, 2.75) is 6.04 Å². The molecule has 0 aliphatic rings. The smallest absolute Gasteiger partial charge is 0.128 e. The molecule has 3 nitrogen and oxygen atoms in total. The Morgan fingerprint density at radius 3 is 2.61 bits per heavy atom. The SMILES string of the molecule is NC(c1ccc2ccccc2c1)c1ncc(Br)[nH]1. The van der Waals surface area contributed by atoms with Crippen LogP contribution in [0.3, 0.4) is 0 Å². The fourth-order valence-corrected chi connectivity index (χ4v) is 2.34. The standard InChI is InChI=1S/C14H12BrN3/c15-12-8-17-14(18-12)13(16)11-6-5-9-3-1-2-4-10(9)7-11/h1-8,13H,16H2,(H,17,18). The molecule has 1 unspecified atom stereocenters. The molecule has 0 radical (unpaired) electrons. The van der Waals surface area contributed by atoms with E-state index in [0.717, 1.165) is 16.0 Å². The first-order chi connectivity index (χ1) is 8.74. The van der Waals surface area contributed by atoms with Gasteiger partial charge in [-0.25, -0.2) is 4.98 Å². The number of nitrogens with two attached hydrogens (primary N) is 1. The topological polar surface area (TPSA) is 54.7 Å². The van der Waals surface area contributed by atoms with E-state index in [0.29, 0.717) is 0 Å². The van der Waals surface area contributed by atoms with Crippen LogP contribution in [0, 0.1) is 0 Å². The van der Waals surface area contributed by atoms with Gasteiger partial charge in [0, 0.05) is 0 Å². The van der Waals surface area contributed by atoms with E-state index >= 15 is 0 Å². The summed E-state index contributed by atoms with van der Waals surface area (Å²) in [6.45, 7) is 0. The number of imidazole rings is 1. The van der Waals surface area contributed by atoms with E-state index in [1.807, 2.05) is 18.2 Å². The molecule has 0 spiro atoms. The average Bonchev–Trinajstić information content (AvgIpc) is 2.84. The van der Waals surface area contributed by atoms with Crippen LogP contribution in [0.1, 0.15) is 17.4 Å². The highest BCUT2D eigenvalue weighted by Gasteiger charge is 2.12. The fraction of sp³-hybridized carbons (Fsp3) is 0.0714. The van der Waals surface area contributed by atoms with Crippen LogP contribution in [0.4, 0.5) is 0 Å². The number of rotatable bonds is 2. The van der Waals surface area contributed by atoms with Gasteiger partial charge in [0.15, 0.2) is 0 Å². The molecule has 18 heavy (non-hydrogen) atoms. The molecule has 0 fully saturated rings. The normalized spacial score (nSPS) is 12.8. The van der Waals surface area contributed by atoms with Gasteiger partial charge in [-0.15, -0.1) is 0 Å². The van der Waals surface area contributed by atoms with E-state index < -0.39 is 0 Å². The van der Waals surface area contributed by atoms with Gasteiger partial charge in [0.2, 0.25) is 0 Å². The van der Waals surface area contributed by atoms with Crippen molar-refractivity contribution in [3.05, 3.63) is 64.7 Å². The molecule has 0 aliphatic heterocycles. The summed E-state index contributed by atoms with van der Waals surface area (Å²) in [6, 6.07) is 14.2. The van der Waals surface area contributed by atoms with Crippen molar-refractivity contribution in [2.75, 3.05) is 0 Å². The van der Waals surface area contributed by atoms with Gasteiger partial charge >= 0.3 is 0 Å². The molecular formula is C14H12BrN3. The molecule has 90 valence electrons. The first-order valence-electron chi connectivity index (χ1n) is 5.69. The number of hydrogen-bond acceptors (Lipinski definition) is 2. The predicted octanol–water partition coefficient (Wildman–Crippen LogP) is 3.37. The zero-order valence-electron chi connectivity index (χ0n) is 9.60. The number of halogens is 1. The van der Waals surface area contributed by atoms with Crippen LogP contribution in [0.5, 0.6) is 0 Å². The molecule has 0 saturated heterocycles. The van der Waals surface area contributed by atoms with E-state index in [-0.39, 0.29) is 6.04 Å². The van der Waals surface area contributed by atoms with Gasteiger partial charge in [-0.3, -0.25) is 0 Å². The molecule has 1 aromatic heterocycles. The van der Waals surface area contributed by atoms with Crippen molar-refractivity contribution >= 4 is 26.7 Å². The molecule has 0 bridgehead atoms. The maximum atomic E-state index is 6.21. The number of aromatic nitrogens is 2. The van der Waals surface area contributed by atoms with Gasteiger partial charge in [0.1, 0.15) is 10.4 Å². The molecular weight excluding hydrogens is 290 g/mol. The molecule has 1 heterocycles. The molecule has 0 saturated carbocycles. The Kier molecular flexibility index (Phi) is 2.89. The molecule has 1 atom stereocenters. The minimum atomic E-state index is -0.235. The third kappa shape index (κ3) is 2.05. The summed E-state index contributed by atoms with van der Waals surface area (Å²) in [5, 5.41) is 2.41. The molecule has 2 aromatic carbocycles. The number of nitrogens with one attached hydrogen (secondary N) is 1. The summed E-state index contributed by atoms with van der Waals surface area (Å²) in [5.74, 6) is 0.761. The van der Waals surface area contributed by atoms with Crippen molar-refractivity contribution in [3.8, 4) is 0 Å². The lowest BCUT2D eigenvalue weighted by molar-refractivity contribution is 0.801. The molecule has 3 N–H and O–H groups in total. The van der Waals surface area contributed by atoms with Crippen molar-refractivity contribution in [3.63, 3.8) is 0 Å². The summed E-state index contributed by atoms with van der Waals surface area (Å²) in [4.78, 5) is 7.35. The maximum absolute atomic E-state index is 6.21. The van der Waals surface area contributed by atoms with Crippen LogP contribution >= 0.6 is 15.9 Å². The third-order valence-electron chi connectivity index (χ3n) is 2.99. The minimum absolute atomic E-state index is 0.235. The third-order valence-corrected chi connectivity index (χ3v) is 3.39. The fourth-order valence-electron chi connectivity index (χ4n) is 2.03. The highest BCUT2D eigenvalue weighted by atomic mass is 79.9. The molecule has 3 aromatic rings. The second-order valence-electron chi connectivity index (χ2n) is 4.20. The molecule has 0 aliphatic carbocycles. The average molecular weight is 302 g/mol. The Balaban J connectivity index is 2.03. The summed E-state index contributed by atoms with van der Waals surface area (Å²) in [7, 11) is 0. The molecule has 0 amide bonds. The van der Waals surface area contributed by atoms with Gasteiger partial charge in [-0.05, 0) is 38.3 Å². The zero-order valence-corrected chi connectivity index (χ0v) is 11.2. The van der Waals surface area contributed by atoms with Crippen molar-refractivity contribution in [1.29, 1.82) is 0 Å². The van der Waals surface area contributed by atoms with Crippen molar-refractivity contribution in [2.24, 2.45) is 5.73 Å². The highest BCUT2D eigenvalue weighted by molar-refractivity contribution is 9.10. The van der Waals surface area contributed by atoms with Crippen molar-refractivity contribution in [1.82, 2.24) is 9.97 Å². The lowest BCUT2D eigenvalue weighted by Crippen LogP contribution is -2.13. The predicted molar refractivity (Wildman–Crippen MR) is 76.3 cm³/mol. The van der Waals surface area contributed by atoms with E-state index in [9.17, 15) is 0 Å². The van der Waals surface area contributed by atoms with E-state index in [1.54, 1.807) is 6.20 Å². The summed E-state index contributed by atoms with van der Waals surface area (Å²) >= 11 is 3.34. The number of H-pyrrole nitrogens is 1. The summed E-state index contributed by atoms with van der Waals surface area (Å²) in [6.07, 6.45) is 1.72. The molecule has 3 rings (SSSR count). The van der Waals surface area contributed by atoms with Crippen LogP contribution in [-0.4, -0.2) is 9.97 Å². The van der Waals surface area contributed by atoms with E-state index in [1.165, 1.54) is 10.8 Å². The second kappa shape index (κ2) is 4.55. The number of aromatic amines is 1. The Labute approximate surface area is 113 Å². The number of fused-ring (bicyclic) bond motifs is 1. The summed E-state index contributed by atoms with van der Waals surface area (Å²) < 4.78 is 0.841. The van der Waals surface area contributed by atoms with Crippen LogP contribution in [0.15, 0.2) is 53.3 Å². The highest BCUT2D eigenvalue weighted by Crippen LogP contribution is 2.22. The van der Waals surface area contributed by atoms with E-state index in [2.05, 4.69) is 50.2 Å². The van der Waals surface area contributed by atoms with Gasteiger partial charge in [0.05, 0.1) is 12.2 Å². The van der Waals surface area contributed by atoms with Crippen LogP contribution < -0.4 is 5.73 Å². The second-order valence-corrected chi connectivity index (χ2v) is 5.05. The molecule has 4 heteroatoms. The Morgan fingerprint density at radius 1 is 1.11 bits per heavy atom. The maximum Gasteiger partial charge on any atom is 0.128 e. The first-order valence-corrected chi connectivity index (χ1v) is 6.48. The first kappa shape index (κ1) is 11.4. The Morgan fingerprint density at radius 2 is 1.89 bits per heavy atom. The van der Waals surface area contributed by atoms with Crippen molar-refractivity contribution < 1.29 is 0 Å². The largest absolute Gasteiger partial charge is 0.335 e. The minimum Gasteiger partial charge on any atom is -0.335 e. The quantitative estimate of drug-likeness (QED) is 0.762.